The molecule has 0 aliphatic carbocycles. The van der Waals surface area contributed by atoms with Crippen molar-refractivity contribution in [1.82, 2.24) is 18.7 Å². The molecule has 0 radical (unpaired) electrons. The highest BCUT2D eigenvalue weighted by atomic mass is 16.2. The van der Waals surface area contributed by atoms with Crippen molar-refractivity contribution in [2.45, 2.75) is 46.8 Å². The van der Waals surface area contributed by atoms with Crippen LogP contribution in [-0.2, 0) is 19.6 Å². The molecule has 1 N–H and O–H groups in total. The molecule has 0 aromatic carbocycles. The maximum absolute atomic E-state index is 12.5. The van der Waals surface area contributed by atoms with Gasteiger partial charge in [0.2, 0.25) is 5.95 Å². The summed E-state index contributed by atoms with van der Waals surface area (Å²) in [5, 5.41) is 2.98. The van der Waals surface area contributed by atoms with Gasteiger partial charge in [0.25, 0.3) is 5.56 Å². The lowest BCUT2D eigenvalue weighted by molar-refractivity contribution is 0.578. The molecule has 0 spiro atoms. The van der Waals surface area contributed by atoms with Crippen LogP contribution in [0.15, 0.2) is 9.59 Å². The van der Waals surface area contributed by atoms with E-state index < -0.39 is 0 Å². The Kier molecular flexibility index (Phi) is 3.96. The molecule has 0 unspecified atom stereocenters. The predicted molar refractivity (Wildman–Crippen MR) is 79.4 cm³/mol. The van der Waals surface area contributed by atoms with E-state index in [1.165, 1.54) is 4.57 Å². The number of rotatable bonds is 5. The number of anilines is 1. The summed E-state index contributed by atoms with van der Waals surface area (Å²) < 4.78 is 4.67. The molecule has 0 saturated heterocycles. The minimum atomic E-state index is -0.282. The molecule has 0 saturated carbocycles. The Morgan fingerprint density at radius 2 is 1.70 bits per heavy atom. The summed E-state index contributed by atoms with van der Waals surface area (Å²) in [6.45, 7) is 7.29. The first-order chi connectivity index (χ1) is 9.60. The first-order valence-corrected chi connectivity index (χ1v) is 7.02. The quantitative estimate of drug-likeness (QED) is 0.880. The van der Waals surface area contributed by atoms with Gasteiger partial charge in [-0.05, 0) is 20.3 Å². The van der Waals surface area contributed by atoms with Crippen molar-refractivity contribution < 1.29 is 0 Å². The van der Waals surface area contributed by atoms with E-state index in [-0.39, 0.29) is 11.2 Å². The zero-order valence-corrected chi connectivity index (χ0v) is 12.4. The van der Waals surface area contributed by atoms with Crippen LogP contribution in [0.3, 0.4) is 0 Å². The third kappa shape index (κ3) is 1.93. The Hall–Kier alpha value is -2.05. The molecule has 2 aromatic rings. The minimum Gasteiger partial charge on any atom is -0.359 e. The van der Waals surface area contributed by atoms with Crippen LogP contribution in [0.4, 0.5) is 5.95 Å². The molecule has 2 heterocycles. The van der Waals surface area contributed by atoms with Crippen LogP contribution in [0, 0.1) is 0 Å². The number of hydrogen-bond donors (Lipinski definition) is 1. The number of fused-ring (bicyclic) bond motifs is 1. The van der Waals surface area contributed by atoms with Crippen molar-refractivity contribution in [3.05, 3.63) is 20.8 Å². The standard InChI is InChI=1S/C13H21N5O2/c1-5-8-18-10-9(11(19)17(7-3)13(18)20)16(6-2)12(14-4)15-10/h5-8H2,1-4H3,(H,14,15). The van der Waals surface area contributed by atoms with Gasteiger partial charge >= 0.3 is 5.69 Å². The van der Waals surface area contributed by atoms with E-state index in [0.717, 1.165) is 6.42 Å². The zero-order chi connectivity index (χ0) is 14.9. The highest BCUT2D eigenvalue weighted by molar-refractivity contribution is 5.74. The van der Waals surface area contributed by atoms with E-state index >= 15 is 0 Å². The second-order valence-electron chi connectivity index (χ2n) is 4.59. The van der Waals surface area contributed by atoms with Crippen LogP contribution < -0.4 is 16.6 Å². The van der Waals surface area contributed by atoms with E-state index in [2.05, 4.69) is 10.3 Å². The van der Waals surface area contributed by atoms with Gasteiger partial charge in [-0.1, -0.05) is 6.92 Å². The van der Waals surface area contributed by atoms with Gasteiger partial charge in [0.05, 0.1) is 0 Å². The van der Waals surface area contributed by atoms with Crippen LogP contribution in [0.1, 0.15) is 27.2 Å². The van der Waals surface area contributed by atoms with Crippen molar-refractivity contribution in [2.75, 3.05) is 12.4 Å². The summed E-state index contributed by atoms with van der Waals surface area (Å²) in [5.74, 6) is 0.609. The van der Waals surface area contributed by atoms with Crippen molar-refractivity contribution in [1.29, 1.82) is 0 Å². The van der Waals surface area contributed by atoms with Crippen LogP contribution >= 0.6 is 0 Å². The van der Waals surface area contributed by atoms with E-state index in [9.17, 15) is 9.59 Å². The van der Waals surface area contributed by atoms with Gasteiger partial charge in [-0.15, -0.1) is 0 Å². The average Bonchev–Trinajstić information content (AvgIpc) is 2.82. The van der Waals surface area contributed by atoms with E-state index in [4.69, 9.17) is 0 Å². The zero-order valence-electron chi connectivity index (χ0n) is 12.4. The number of hydrogen-bond acceptors (Lipinski definition) is 4. The van der Waals surface area contributed by atoms with Gasteiger partial charge in [-0.3, -0.25) is 13.9 Å². The smallest absolute Gasteiger partial charge is 0.332 e. The van der Waals surface area contributed by atoms with Gasteiger partial charge in [0.1, 0.15) is 0 Å². The number of imidazole rings is 1. The molecule has 2 aromatic heterocycles. The average molecular weight is 279 g/mol. The Balaban J connectivity index is 3.00. The predicted octanol–water partition coefficient (Wildman–Crippen LogP) is 0.851. The SMILES string of the molecule is CCCn1c(=O)n(CC)c(=O)c2c1nc(NC)n2CC. The molecule has 7 heteroatoms. The van der Waals surface area contributed by atoms with Crippen molar-refractivity contribution >= 4 is 17.1 Å². The summed E-state index contributed by atoms with van der Waals surface area (Å²) in [7, 11) is 1.76. The third-order valence-corrected chi connectivity index (χ3v) is 3.42. The van der Waals surface area contributed by atoms with E-state index in [1.54, 1.807) is 18.5 Å². The van der Waals surface area contributed by atoms with Crippen LogP contribution in [0.5, 0.6) is 0 Å². The van der Waals surface area contributed by atoms with Gasteiger partial charge in [0.15, 0.2) is 11.2 Å². The van der Waals surface area contributed by atoms with Crippen LogP contribution in [-0.4, -0.2) is 25.7 Å². The second kappa shape index (κ2) is 5.52. The highest BCUT2D eigenvalue weighted by Gasteiger charge is 2.19. The molecule has 0 bridgehead atoms. The normalized spacial score (nSPS) is 11.2. The van der Waals surface area contributed by atoms with Crippen molar-refractivity contribution in [3.8, 4) is 0 Å². The van der Waals surface area contributed by atoms with Crippen LogP contribution in [0.25, 0.3) is 11.2 Å². The Morgan fingerprint density at radius 3 is 2.20 bits per heavy atom. The monoisotopic (exact) mass is 279 g/mol. The third-order valence-electron chi connectivity index (χ3n) is 3.42. The van der Waals surface area contributed by atoms with Gasteiger partial charge in [-0.25, -0.2) is 4.79 Å². The van der Waals surface area contributed by atoms with E-state index in [0.29, 0.717) is 36.7 Å². The maximum atomic E-state index is 12.5. The summed E-state index contributed by atoms with van der Waals surface area (Å²) in [4.78, 5) is 29.3. The fraction of sp³-hybridized carbons (Fsp3) is 0.615. The molecule has 0 aliphatic rings. The molecule has 110 valence electrons. The lowest BCUT2D eigenvalue weighted by atomic mass is 10.4. The first kappa shape index (κ1) is 14.4. The summed E-state index contributed by atoms with van der Waals surface area (Å²) >= 11 is 0. The maximum Gasteiger partial charge on any atom is 0.332 e. The molecule has 2 rings (SSSR count). The second-order valence-corrected chi connectivity index (χ2v) is 4.59. The molecular weight excluding hydrogens is 258 g/mol. The van der Waals surface area contributed by atoms with E-state index in [1.807, 2.05) is 18.4 Å². The van der Waals surface area contributed by atoms with Crippen molar-refractivity contribution in [2.24, 2.45) is 0 Å². The molecule has 0 aliphatic heterocycles. The summed E-state index contributed by atoms with van der Waals surface area (Å²) in [6, 6.07) is 0. The topological polar surface area (TPSA) is 73.8 Å². The Morgan fingerprint density at radius 1 is 1.05 bits per heavy atom. The van der Waals surface area contributed by atoms with Gasteiger partial charge in [-0.2, -0.15) is 4.98 Å². The van der Waals surface area contributed by atoms with Gasteiger partial charge < -0.3 is 9.88 Å². The van der Waals surface area contributed by atoms with Crippen LogP contribution in [0.2, 0.25) is 0 Å². The molecule has 0 atom stereocenters. The molecular formula is C13H21N5O2. The lowest BCUT2D eigenvalue weighted by Crippen LogP contribution is -2.40. The number of nitrogens with zero attached hydrogens (tertiary/aromatic N) is 4. The Labute approximate surface area is 116 Å². The number of nitrogens with one attached hydrogen (secondary N) is 1. The molecule has 0 amide bonds. The molecule has 7 nitrogen and oxygen atoms in total. The molecule has 20 heavy (non-hydrogen) atoms. The highest BCUT2D eigenvalue weighted by Crippen LogP contribution is 2.15. The molecule has 0 fully saturated rings. The fourth-order valence-corrected chi connectivity index (χ4v) is 2.49. The number of aromatic nitrogens is 4. The largest absolute Gasteiger partial charge is 0.359 e. The minimum absolute atomic E-state index is 0.268. The number of aryl methyl sites for hydroxylation is 2. The summed E-state index contributed by atoms with van der Waals surface area (Å²) in [6.07, 6.45) is 0.810. The first-order valence-electron chi connectivity index (χ1n) is 7.02. The lowest BCUT2D eigenvalue weighted by Gasteiger charge is -2.10. The van der Waals surface area contributed by atoms with Gasteiger partial charge in [0, 0.05) is 26.7 Å². The fourth-order valence-electron chi connectivity index (χ4n) is 2.49. The summed E-state index contributed by atoms with van der Waals surface area (Å²) in [5.41, 5.74) is 0.412. The van der Waals surface area contributed by atoms with Crippen molar-refractivity contribution in [3.63, 3.8) is 0 Å². The Bertz CT molecular complexity index is 738.